The van der Waals surface area contributed by atoms with E-state index < -0.39 is 0 Å². The van der Waals surface area contributed by atoms with E-state index in [9.17, 15) is 5.11 Å². The lowest BCUT2D eigenvalue weighted by Gasteiger charge is -2.28. The average Bonchev–Trinajstić information content (AvgIpc) is 3.11. The molecule has 4 aromatic rings. The summed E-state index contributed by atoms with van der Waals surface area (Å²) in [6, 6.07) is 14.0. The van der Waals surface area contributed by atoms with Gasteiger partial charge in [0, 0.05) is 40.8 Å². The number of aromatic nitrogens is 3. The third-order valence-electron chi connectivity index (χ3n) is 5.75. The summed E-state index contributed by atoms with van der Waals surface area (Å²) in [5.74, 6) is 1.92. The van der Waals surface area contributed by atoms with Crippen LogP contribution in [0.4, 0.5) is 0 Å². The Bertz CT molecular complexity index is 1240. The summed E-state index contributed by atoms with van der Waals surface area (Å²) in [7, 11) is 1.66. The molecular formula is C27H31N3O2. The highest BCUT2D eigenvalue weighted by molar-refractivity contribution is 5.84. The van der Waals surface area contributed by atoms with Gasteiger partial charge in [-0.1, -0.05) is 41.5 Å². The highest BCUT2D eigenvalue weighted by atomic mass is 16.5. The molecule has 0 spiro atoms. The van der Waals surface area contributed by atoms with Gasteiger partial charge in [-0.3, -0.25) is 9.55 Å². The van der Waals surface area contributed by atoms with E-state index in [2.05, 4.69) is 63.2 Å². The second-order valence-electron chi connectivity index (χ2n) is 10.3. The molecule has 0 bridgehead atoms. The number of rotatable bonds is 3. The van der Waals surface area contributed by atoms with Gasteiger partial charge in [0.15, 0.2) is 0 Å². The summed E-state index contributed by atoms with van der Waals surface area (Å²) in [6.07, 6.45) is 3.58. The Hall–Kier alpha value is -3.34. The maximum Gasteiger partial charge on any atom is 0.147 e. The van der Waals surface area contributed by atoms with Crippen LogP contribution in [0.2, 0.25) is 0 Å². The third kappa shape index (κ3) is 3.83. The molecule has 4 rings (SSSR count). The zero-order valence-electron chi connectivity index (χ0n) is 19.9. The Balaban J connectivity index is 2.11. The van der Waals surface area contributed by atoms with Gasteiger partial charge in [-0.25, -0.2) is 4.98 Å². The van der Waals surface area contributed by atoms with Gasteiger partial charge in [-0.15, -0.1) is 0 Å². The molecule has 166 valence electrons. The summed E-state index contributed by atoms with van der Waals surface area (Å²) in [5, 5.41) is 11.2. The molecule has 5 heteroatoms. The summed E-state index contributed by atoms with van der Waals surface area (Å²) in [4.78, 5) is 9.26. The van der Waals surface area contributed by atoms with E-state index in [1.807, 2.05) is 36.5 Å². The van der Waals surface area contributed by atoms with Crippen molar-refractivity contribution < 1.29 is 9.84 Å². The molecule has 0 atom stereocenters. The monoisotopic (exact) mass is 429 g/mol. The highest BCUT2D eigenvalue weighted by Gasteiger charge is 2.28. The molecule has 0 unspecified atom stereocenters. The van der Waals surface area contributed by atoms with Crippen molar-refractivity contribution in [2.75, 3.05) is 7.11 Å². The van der Waals surface area contributed by atoms with Crippen molar-refractivity contribution in [1.82, 2.24) is 14.5 Å². The summed E-state index contributed by atoms with van der Waals surface area (Å²) in [6.45, 7) is 12.7. The second kappa shape index (κ2) is 7.66. The minimum absolute atomic E-state index is 0.228. The van der Waals surface area contributed by atoms with E-state index in [-0.39, 0.29) is 10.8 Å². The summed E-state index contributed by atoms with van der Waals surface area (Å²) in [5.41, 5.74) is 5.05. The van der Waals surface area contributed by atoms with Crippen LogP contribution in [0, 0.1) is 0 Å². The van der Waals surface area contributed by atoms with Crippen LogP contribution in [0.15, 0.2) is 54.9 Å². The van der Waals surface area contributed by atoms with Crippen molar-refractivity contribution >= 4 is 11.0 Å². The van der Waals surface area contributed by atoms with Crippen molar-refractivity contribution in [3.05, 3.63) is 66.0 Å². The number of aromatic hydroxyl groups is 1. The Morgan fingerprint density at radius 1 is 0.906 bits per heavy atom. The smallest absolute Gasteiger partial charge is 0.147 e. The molecule has 0 saturated heterocycles. The van der Waals surface area contributed by atoms with Crippen LogP contribution >= 0.6 is 0 Å². The van der Waals surface area contributed by atoms with Gasteiger partial charge < -0.3 is 9.84 Å². The first-order valence-electron chi connectivity index (χ1n) is 10.9. The lowest BCUT2D eigenvalue weighted by atomic mass is 9.79. The van der Waals surface area contributed by atoms with Gasteiger partial charge in [0.1, 0.15) is 17.3 Å². The number of fused-ring (bicyclic) bond motifs is 1. The first kappa shape index (κ1) is 21.9. The first-order valence-corrected chi connectivity index (χ1v) is 10.9. The van der Waals surface area contributed by atoms with Crippen molar-refractivity contribution in [1.29, 1.82) is 0 Å². The molecule has 2 heterocycles. The molecule has 0 aliphatic carbocycles. The van der Waals surface area contributed by atoms with Gasteiger partial charge in [-0.2, -0.15) is 0 Å². The fourth-order valence-electron chi connectivity index (χ4n) is 4.03. The van der Waals surface area contributed by atoms with Crippen molar-refractivity contribution in [3.63, 3.8) is 0 Å². The molecule has 0 radical (unpaired) electrons. The standard InChI is InChI=1S/C27H31N3O2/c1-26(2,3)20-13-18(14-21(24(20)31)27(4,5)6)30-23-11-10-19(32-7)15-22(23)29-25(30)17-9-8-12-28-16-17/h8-16,31H,1-7H3. The van der Waals surface area contributed by atoms with Crippen LogP contribution in [0.5, 0.6) is 11.5 Å². The lowest BCUT2D eigenvalue weighted by molar-refractivity contribution is 0.415. The number of pyridine rings is 1. The molecule has 2 aromatic carbocycles. The van der Waals surface area contributed by atoms with Crippen LogP contribution in [0.25, 0.3) is 28.1 Å². The highest BCUT2D eigenvalue weighted by Crippen LogP contribution is 2.42. The zero-order valence-corrected chi connectivity index (χ0v) is 19.9. The summed E-state index contributed by atoms with van der Waals surface area (Å²) >= 11 is 0. The zero-order chi connectivity index (χ0) is 23.3. The Morgan fingerprint density at radius 2 is 1.56 bits per heavy atom. The van der Waals surface area contributed by atoms with Gasteiger partial charge in [0.25, 0.3) is 0 Å². The Morgan fingerprint density at radius 3 is 2.09 bits per heavy atom. The van der Waals surface area contributed by atoms with E-state index in [4.69, 9.17) is 9.72 Å². The Kier molecular flexibility index (Phi) is 5.24. The van der Waals surface area contributed by atoms with Gasteiger partial charge in [-0.05, 0) is 47.2 Å². The fourth-order valence-corrected chi connectivity index (χ4v) is 4.03. The van der Waals surface area contributed by atoms with Crippen molar-refractivity contribution in [3.8, 4) is 28.6 Å². The summed E-state index contributed by atoms with van der Waals surface area (Å²) < 4.78 is 7.58. The van der Waals surface area contributed by atoms with E-state index in [0.717, 1.165) is 45.0 Å². The maximum absolute atomic E-state index is 11.2. The van der Waals surface area contributed by atoms with Crippen molar-refractivity contribution in [2.45, 2.75) is 52.4 Å². The van der Waals surface area contributed by atoms with Gasteiger partial charge in [0.05, 0.1) is 18.1 Å². The SMILES string of the molecule is COc1ccc2c(c1)nc(-c1cccnc1)n2-c1cc(C(C)(C)C)c(O)c(C(C)(C)C)c1. The van der Waals surface area contributed by atoms with Crippen LogP contribution in [-0.4, -0.2) is 26.8 Å². The number of phenols is 1. The van der Waals surface area contributed by atoms with Crippen molar-refractivity contribution in [2.24, 2.45) is 0 Å². The first-order chi connectivity index (χ1) is 15.0. The quantitative estimate of drug-likeness (QED) is 0.409. The number of nitrogens with zero attached hydrogens (tertiary/aromatic N) is 3. The minimum Gasteiger partial charge on any atom is -0.507 e. The minimum atomic E-state index is -0.228. The molecular weight excluding hydrogens is 398 g/mol. The van der Waals surface area contributed by atoms with Gasteiger partial charge in [0.2, 0.25) is 0 Å². The molecule has 32 heavy (non-hydrogen) atoms. The third-order valence-corrected chi connectivity index (χ3v) is 5.75. The predicted molar refractivity (Wildman–Crippen MR) is 130 cm³/mol. The van der Waals surface area contributed by atoms with E-state index >= 15 is 0 Å². The van der Waals surface area contributed by atoms with E-state index in [0.29, 0.717) is 5.75 Å². The van der Waals surface area contributed by atoms with Crippen LogP contribution in [-0.2, 0) is 10.8 Å². The largest absolute Gasteiger partial charge is 0.507 e. The van der Waals surface area contributed by atoms with E-state index in [1.165, 1.54) is 0 Å². The number of hydrogen-bond donors (Lipinski definition) is 1. The Labute approximate surface area is 189 Å². The molecule has 0 fully saturated rings. The molecule has 0 aliphatic heterocycles. The molecule has 1 N–H and O–H groups in total. The number of hydrogen-bond acceptors (Lipinski definition) is 4. The number of ether oxygens (including phenoxy) is 1. The topological polar surface area (TPSA) is 60.2 Å². The van der Waals surface area contributed by atoms with Crippen LogP contribution in [0.1, 0.15) is 52.7 Å². The normalized spacial score (nSPS) is 12.3. The molecule has 2 aromatic heterocycles. The number of phenolic OH excluding ortho intramolecular Hbond substituents is 1. The molecule has 0 aliphatic rings. The lowest BCUT2D eigenvalue weighted by Crippen LogP contribution is -2.18. The van der Waals surface area contributed by atoms with E-state index in [1.54, 1.807) is 13.3 Å². The van der Waals surface area contributed by atoms with Crippen LogP contribution < -0.4 is 4.74 Å². The second-order valence-corrected chi connectivity index (χ2v) is 10.3. The number of methoxy groups -OCH3 is 1. The molecule has 0 amide bonds. The predicted octanol–water partition coefficient (Wildman–Crippen LogP) is 6.40. The number of benzene rings is 2. The average molecular weight is 430 g/mol. The fraction of sp³-hybridized carbons (Fsp3) is 0.333. The number of imidazole rings is 1. The molecule has 5 nitrogen and oxygen atoms in total. The molecule has 0 saturated carbocycles. The van der Waals surface area contributed by atoms with Gasteiger partial charge >= 0.3 is 0 Å². The maximum atomic E-state index is 11.2. The van der Waals surface area contributed by atoms with Crippen LogP contribution in [0.3, 0.4) is 0 Å².